The summed E-state index contributed by atoms with van der Waals surface area (Å²) in [5.41, 5.74) is 1.57. The summed E-state index contributed by atoms with van der Waals surface area (Å²) in [6.07, 6.45) is 7.74. The molecule has 1 aromatic carbocycles. The Morgan fingerprint density at radius 3 is 2.83 bits per heavy atom. The molecule has 94 valence electrons. The Morgan fingerprint density at radius 2 is 2.28 bits per heavy atom. The van der Waals surface area contributed by atoms with Crippen LogP contribution in [0.1, 0.15) is 28.8 Å². The highest BCUT2D eigenvalue weighted by Gasteiger charge is 2.26. The molecule has 2 rings (SSSR count). The van der Waals surface area contributed by atoms with E-state index in [1.807, 2.05) is 13.0 Å². The van der Waals surface area contributed by atoms with Gasteiger partial charge in [0.15, 0.2) is 0 Å². The Bertz CT molecular complexity index is 500. The SMILES string of the molecule is C#CCN(CC1CC1)C(=O)c1ccc(Cl)c(C)c1. The van der Waals surface area contributed by atoms with Gasteiger partial charge in [0.05, 0.1) is 6.54 Å². The molecule has 1 saturated carbocycles. The summed E-state index contributed by atoms with van der Waals surface area (Å²) >= 11 is 5.96. The van der Waals surface area contributed by atoms with Gasteiger partial charge in [-0.05, 0) is 49.4 Å². The first-order valence-electron chi connectivity index (χ1n) is 6.10. The van der Waals surface area contributed by atoms with Crippen molar-refractivity contribution >= 4 is 17.5 Å². The molecule has 1 fully saturated rings. The highest BCUT2D eigenvalue weighted by atomic mass is 35.5. The number of hydrogen-bond donors (Lipinski definition) is 0. The van der Waals surface area contributed by atoms with Gasteiger partial charge in [0.25, 0.3) is 5.91 Å². The molecule has 2 nitrogen and oxygen atoms in total. The monoisotopic (exact) mass is 261 g/mol. The first-order chi connectivity index (χ1) is 8.61. The van der Waals surface area contributed by atoms with Crippen LogP contribution in [0.4, 0.5) is 0 Å². The van der Waals surface area contributed by atoms with Gasteiger partial charge >= 0.3 is 0 Å². The summed E-state index contributed by atoms with van der Waals surface area (Å²) in [6, 6.07) is 5.34. The van der Waals surface area contributed by atoms with Crippen molar-refractivity contribution in [3.8, 4) is 12.3 Å². The quantitative estimate of drug-likeness (QED) is 0.763. The van der Waals surface area contributed by atoms with Crippen LogP contribution in [0.2, 0.25) is 5.02 Å². The van der Waals surface area contributed by atoms with Gasteiger partial charge in [0.1, 0.15) is 0 Å². The van der Waals surface area contributed by atoms with E-state index in [0.29, 0.717) is 23.0 Å². The highest BCUT2D eigenvalue weighted by Crippen LogP contribution is 2.30. The molecular formula is C15H16ClNO. The van der Waals surface area contributed by atoms with Crippen molar-refractivity contribution in [2.75, 3.05) is 13.1 Å². The van der Waals surface area contributed by atoms with Crippen LogP contribution in [-0.4, -0.2) is 23.9 Å². The molecular weight excluding hydrogens is 246 g/mol. The molecule has 1 aliphatic carbocycles. The predicted molar refractivity (Wildman–Crippen MR) is 73.6 cm³/mol. The van der Waals surface area contributed by atoms with E-state index >= 15 is 0 Å². The summed E-state index contributed by atoms with van der Waals surface area (Å²) in [6.45, 7) is 3.03. The third kappa shape index (κ3) is 3.05. The molecule has 0 aromatic heterocycles. The summed E-state index contributed by atoms with van der Waals surface area (Å²) < 4.78 is 0. The third-order valence-electron chi connectivity index (χ3n) is 3.15. The zero-order chi connectivity index (χ0) is 13.1. The van der Waals surface area contributed by atoms with Crippen molar-refractivity contribution in [3.05, 3.63) is 34.3 Å². The normalized spacial score (nSPS) is 14.1. The first-order valence-corrected chi connectivity index (χ1v) is 6.48. The van der Waals surface area contributed by atoms with E-state index in [1.54, 1.807) is 17.0 Å². The number of carbonyl (C=O) groups excluding carboxylic acids is 1. The van der Waals surface area contributed by atoms with Crippen molar-refractivity contribution in [1.29, 1.82) is 0 Å². The van der Waals surface area contributed by atoms with Gasteiger partial charge in [-0.3, -0.25) is 4.79 Å². The van der Waals surface area contributed by atoms with E-state index in [1.165, 1.54) is 12.8 Å². The van der Waals surface area contributed by atoms with Gasteiger partial charge in [-0.2, -0.15) is 0 Å². The minimum atomic E-state index is -0.000355. The molecule has 0 saturated heterocycles. The van der Waals surface area contributed by atoms with Crippen LogP contribution in [0, 0.1) is 25.2 Å². The van der Waals surface area contributed by atoms with Gasteiger partial charge in [0.2, 0.25) is 0 Å². The lowest BCUT2D eigenvalue weighted by atomic mass is 10.1. The second-order valence-electron chi connectivity index (χ2n) is 4.80. The number of terminal acetylenes is 1. The third-order valence-corrected chi connectivity index (χ3v) is 3.57. The average molecular weight is 262 g/mol. The second kappa shape index (κ2) is 5.46. The van der Waals surface area contributed by atoms with Crippen molar-refractivity contribution in [2.24, 2.45) is 5.92 Å². The van der Waals surface area contributed by atoms with Crippen LogP contribution in [-0.2, 0) is 0 Å². The van der Waals surface area contributed by atoms with Gasteiger partial charge < -0.3 is 4.90 Å². The van der Waals surface area contributed by atoms with Crippen LogP contribution in [0.25, 0.3) is 0 Å². The number of hydrogen-bond acceptors (Lipinski definition) is 1. The van der Waals surface area contributed by atoms with Gasteiger partial charge in [0, 0.05) is 17.1 Å². The Balaban J connectivity index is 2.15. The van der Waals surface area contributed by atoms with E-state index in [9.17, 15) is 4.79 Å². The maximum absolute atomic E-state index is 12.3. The molecule has 3 heteroatoms. The van der Waals surface area contributed by atoms with Crippen LogP contribution < -0.4 is 0 Å². The Kier molecular flexibility index (Phi) is 3.93. The zero-order valence-electron chi connectivity index (χ0n) is 10.4. The molecule has 18 heavy (non-hydrogen) atoms. The Morgan fingerprint density at radius 1 is 1.56 bits per heavy atom. The largest absolute Gasteiger partial charge is 0.327 e. The maximum atomic E-state index is 12.3. The molecule has 1 amide bonds. The number of halogens is 1. The lowest BCUT2D eigenvalue weighted by Gasteiger charge is -2.20. The molecule has 1 aromatic rings. The molecule has 0 atom stereocenters. The van der Waals surface area contributed by atoms with Crippen molar-refractivity contribution in [3.63, 3.8) is 0 Å². The molecule has 0 unspecified atom stereocenters. The van der Waals surface area contributed by atoms with E-state index in [0.717, 1.165) is 12.1 Å². The fraction of sp³-hybridized carbons (Fsp3) is 0.400. The van der Waals surface area contributed by atoms with Crippen LogP contribution in [0.3, 0.4) is 0 Å². The lowest BCUT2D eigenvalue weighted by molar-refractivity contribution is 0.0769. The van der Waals surface area contributed by atoms with Crippen LogP contribution in [0.15, 0.2) is 18.2 Å². The first kappa shape index (κ1) is 13.0. The number of amides is 1. The van der Waals surface area contributed by atoms with Crippen molar-refractivity contribution in [1.82, 2.24) is 4.90 Å². The van der Waals surface area contributed by atoms with Crippen molar-refractivity contribution < 1.29 is 4.79 Å². The Labute approximate surface area is 113 Å². The summed E-state index contributed by atoms with van der Waals surface area (Å²) in [5.74, 6) is 3.19. The second-order valence-corrected chi connectivity index (χ2v) is 5.20. The van der Waals surface area contributed by atoms with E-state index < -0.39 is 0 Å². The highest BCUT2D eigenvalue weighted by molar-refractivity contribution is 6.31. The predicted octanol–water partition coefficient (Wildman–Crippen LogP) is 3.13. The number of rotatable bonds is 4. The van der Waals surface area contributed by atoms with Crippen molar-refractivity contribution in [2.45, 2.75) is 19.8 Å². The maximum Gasteiger partial charge on any atom is 0.254 e. The fourth-order valence-corrected chi connectivity index (χ4v) is 2.02. The number of benzene rings is 1. The number of nitrogens with zero attached hydrogens (tertiary/aromatic N) is 1. The van der Waals surface area contributed by atoms with Gasteiger partial charge in [-0.1, -0.05) is 17.5 Å². The molecule has 0 aliphatic heterocycles. The molecule has 0 heterocycles. The topological polar surface area (TPSA) is 20.3 Å². The van der Waals surface area contributed by atoms with E-state index in [4.69, 9.17) is 18.0 Å². The summed E-state index contributed by atoms with van der Waals surface area (Å²) in [4.78, 5) is 14.1. The summed E-state index contributed by atoms with van der Waals surface area (Å²) in [7, 11) is 0. The zero-order valence-corrected chi connectivity index (χ0v) is 11.2. The minimum Gasteiger partial charge on any atom is -0.327 e. The standard InChI is InChI=1S/C15H16ClNO/c1-3-8-17(10-12-4-5-12)15(18)13-6-7-14(16)11(2)9-13/h1,6-7,9,12H,4-5,8,10H2,2H3. The molecule has 0 spiro atoms. The minimum absolute atomic E-state index is 0.000355. The number of carbonyl (C=O) groups is 1. The molecule has 0 radical (unpaired) electrons. The number of aryl methyl sites for hydroxylation is 1. The average Bonchev–Trinajstić information content (AvgIpc) is 3.15. The molecule has 0 bridgehead atoms. The fourth-order valence-electron chi connectivity index (χ4n) is 1.90. The lowest BCUT2D eigenvalue weighted by Crippen LogP contribution is -2.33. The summed E-state index contributed by atoms with van der Waals surface area (Å²) in [5, 5.41) is 0.678. The van der Waals surface area contributed by atoms with Gasteiger partial charge in [-0.15, -0.1) is 6.42 Å². The Hall–Kier alpha value is -1.46. The van der Waals surface area contributed by atoms with E-state index in [-0.39, 0.29) is 5.91 Å². The van der Waals surface area contributed by atoms with Crippen LogP contribution >= 0.6 is 11.6 Å². The van der Waals surface area contributed by atoms with Crippen LogP contribution in [0.5, 0.6) is 0 Å². The van der Waals surface area contributed by atoms with E-state index in [2.05, 4.69) is 5.92 Å². The molecule has 1 aliphatic rings. The molecule has 0 N–H and O–H groups in total. The smallest absolute Gasteiger partial charge is 0.254 e. The van der Waals surface area contributed by atoms with Gasteiger partial charge in [-0.25, -0.2) is 0 Å².